The average Bonchev–Trinajstić information content (AvgIpc) is 1.90. The summed E-state index contributed by atoms with van der Waals surface area (Å²) in [4.78, 5) is 4.15. The Hall–Kier alpha value is -0.785. The van der Waals surface area contributed by atoms with E-state index in [4.69, 9.17) is 0 Å². The van der Waals surface area contributed by atoms with Crippen LogP contribution in [0.4, 0.5) is 0 Å². The van der Waals surface area contributed by atoms with Gasteiger partial charge >= 0.3 is 0 Å². The van der Waals surface area contributed by atoms with Gasteiger partial charge in [0.2, 0.25) is 0 Å². The molecule has 0 aliphatic carbocycles. The third-order valence-electron chi connectivity index (χ3n) is 1.38. The number of rotatable bonds is 1. The Bertz CT molecular complexity index is 181. The van der Waals surface area contributed by atoms with E-state index in [1.807, 2.05) is 19.2 Å². The minimum atomic E-state index is 0. The van der Waals surface area contributed by atoms with Gasteiger partial charge in [-0.25, -0.2) is 0 Å². The van der Waals surface area contributed by atoms with Crippen LogP contribution in [0, 0.1) is 6.92 Å². The maximum Gasteiger partial charge on any atom is 0.0814 e. The van der Waals surface area contributed by atoms with E-state index in [1.165, 1.54) is 5.56 Å². The first-order valence-electron chi connectivity index (χ1n) is 3.24. The van der Waals surface area contributed by atoms with Crippen molar-refractivity contribution >= 4 is 8.41 Å². The van der Waals surface area contributed by atoms with Gasteiger partial charge in [-0.2, -0.15) is 0 Å². The van der Waals surface area contributed by atoms with Gasteiger partial charge in [0.25, 0.3) is 0 Å². The van der Waals surface area contributed by atoms with Crippen molar-refractivity contribution in [3.63, 3.8) is 0 Å². The first-order valence-corrected chi connectivity index (χ1v) is 3.24. The molecule has 0 saturated heterocycles. The van der Waals surface area contributed by atoms with Gasteiger partial charge in [-0.15, -0.1) is 0 Å². The monoisotopic (exact) mass is 135 g/mol. The molecule has 0 aliphatic rings. The Morgan fingerprint density at radius 1 is 1.40 bits per heavy atom. The maximum atomic E-state index is 4.15. The van der Waals surface area contributed by atoms with Crippen molar-refractivity contribution in [2.24, 2.45) is 0 Å². The van der Waals surface area contributed by atoms with E-state index < -0.39 is 0 Å². The summed E-state index contributed by atoms with van der Waals surface area (Å²) in [6, 6.07) is 4.15. The van der Waals surface area contributed by atoms with E-state index in [0.717, 1.165) is 12.1 Å². The summed E-state index contributed by atoms with van der Waals surface area (Å²) in [5, 5.41) is 0. The standard InChI is InChI=1S/C8H11N.BH3/c1-3-8-5-4-7(2)9-6-8;/h4-6H,3H2,1-2H3;1H3. The molecule has 1 aromatic rings. The number of aromatic nitrogens is 1. The molecule has 0 unspecified atom stereocenters. The molecule has 0 atom stereocenters. The zero-order valence-corrected chi connectivity index (χ0v) is 5.89. The van der Waals surface area contributed by atoms with Gasteiger partial charge in [0.15, 0.2) is 0 Å². The van der Waals surface area contributed by atoms with Crippen LogP contribution in [0.15, 0.2) is 18.3 Å². The third-order valence-corrected chi connectivity index (χ3v) is 1.38. The van der Waals surface area contributed by atoms with Gasteiger partial charge in [0.1, 0.15) is 0 Å². The SMILES string of the molecule is B.CCc1ccc(C)nc1. The summed E-state index contributed by atoms with van der Waals surface area (Å²) in [7, 11) is 0. The minimum Gasteiger partial charge on any atom is -0.261 e. The fraction of sp³-hybridized carbons (Fsp3) is 0.375. The minimum absolute atomic E-state index is 0. The molecule has 1 aromatic heterocycles. The molecule has 2 heteroatoms. The first kappa shape index (κ1) is 9.21. The van der Waals surface area contributed by atoms with Crippen LogP contribution in [-0.4, -0.2) is 13.4 Å². The van der Waals surface area contributed by atoms with Crippen LogP contribution in [0.25, 0.3) is 0 Å². The Balaban J connectivity index is 0.000000810. The second-order valence-electron chi connectivity index (χ2n) is 2.16. The Kier molecular flexibility index (Phi) is 3.78. The molecular weight excluding hydrogens is 121 g/mol. The van der Waals surface area contributed by atoms with E-state index in [-0.39, 0.29) is 8.41 Å². The lowest BCUT2D eigenvalue weighted by Crippen LogP contribution is -1.83. The van der Waals surface area contributed by atoms with Crippen LogP contribution < -0.4 is 0 Å². The van der Waals surface area contributed by atoms with Crippen LogP contribution in [-0.2, 0) is 6.42 Å². The molecule has 0 fully saturated rings. The predicted molar refractivity (Wildman–Crippen MR) is 48.3 cm³/mol. The molecule has 54 valence electrons. The highest BCUT2D eigenvalue weighted by molar-refractivity contribution is 5.75. The average molecular weight is 135 g/mol. The van der Waals surface area contributed by atoms with Crippen LogP contribution in [0.2, 0.25) is 0 Å². The number of pyridine rings is 1. The zero-order valence-electron chi connectivity index (χ0n) is 5.89. The predicted octanol–water partition coefficient (Wildman–Crippen LogP) is 0.769. The lowest BCUT2D eigenvalue weighted by atomic mass is 10.2. The number of hydrogen-bond acceptors (Lipinski definition) is 1. The summed E-state index contributed by atoms with van der Waals surface area (Å²) in [6.45, 7) is 4.13. The van der Waals surface area contributed by atoms with Crippen molar-refractivity contribution in [1.29, 1.82) is 0 Å². The maximum absolute atomic E-state index is 4.15. The Labute approximate surface area is 64.1 Å². The van der Waals surface area contributed by atoms with E-state index >= 15 is 0 Å². The molecule has 0 aromatic carbocycles. The highest BCUT2D eigenvalue weighted by atomic mass is 14.6. The topological polar surface area (TPSA) is 12.9 Å². The van der Waals surface area contributed by atoms with Crippen LogP contribution in [0.5, 0.6) is 0 Å². The summed E-state index contributed by atoms with van der Waals surface area (Å²) < 4.78 is 0. The lowest BCUT2D eigenvalue weighted by Gasteiger charge is -1.93. The van der Waals surface area contributed by atoms with Gasteiger partial charge in [0.05, 0.1) is 8.41 Å². The van der Waals surface area contributed by atoms with Crippen molar-refractivity contribution in [1.82, 2.24) is 4.98 Å². The van der Waals surface area contributed by atoms with Crippen molar-refractivity contribution in [2.45, 2.75) is 20.3 Å². The molecule has 0 N–H and O–H groups in total. The van der Waals surface area contributed by atoms with Gasteiger partial charge in [-0.05, 0) is 25.0 Å². The second-order valence-corrected chi connectivity index (χ2v) is 2.16. The lowest BCUT2D eigenvalue weighted by molar-refractivity contribution is 1.08. The smallest absolute Gasteiger partial charge is 0.0814 e. The molecule has 0 spiro atoms. The van der Waals surface area contributed by atoms with E-state index in [1.54, 1.807) is 0 Å². The molecule has 0 aliphatic heterocycles. The van der Waals surface area contributed by atoms with Crippen molar-refractivity contribution < 1.29 is 0 Å². The van der Waals surface area contributed by atoms with E-state index in [9.17, 15) is 0 Å². The largest absolute Gasteiger partial charge is 0.261 e. The van der Waals surface area contributed by atoms with Crippen LogP contribution in [0.1, 0.15) is 18.2 Å². The van der Waals surface area contributed by atoms with Gasteiger partial charge in [-0.3, -0.25) is 4.98 Å². The highest BCUT2D eigenvalue weighted by Crippen LogP contribution is 1.98. The number of hydrogen-bond donors (Lipinski definition) is 0. The second kappa shape index (κ2) is 4.10. The fourth-order valence-electron chi connectivity index (χ4n) is 0.708. The first-order chi connectivity index (χ1) is 4.33. The highest BCUT2D eigenvalue weighted by Gasteiger charge is 1.86. The van der Waals surface area contributed by atoms with Gasteiger partial charge < -0.3 is 0 Å². The van der Waals surface area contributed by atoms with E-state index in [2.05, 4.69) is 18.0 Å². The van der Waals surface area contributed by atoms with E-state index in [0.29, 0.717) is 0 Å². The molecule has 0 bridgehead atoms. The zero-order chi connectivity index (χ0) is 6.69. The van der Waals surface area contributed by atoms with Crippen molar-refractivity contribution in [3.05, 3.63) is 29.6 Å². The van der Waals surface area contributed by atoms with Crippen molar-refractivity contribution in [3.8, 4) is 0 Å². The van der Waals surface area contributed by atoms with Crippen LogP contribution in [0.3, 0.4) is 0 Å². The van der Waals surface area contributed by atoms with Crippen LogP contribution >= 0.6 is 0 Å². The molecule has 0 radical (unpaired) electrons. The van der Waals surface area contributed by atoms with Gasteiger partial charge in [0, 0.05) is 11.9 Å². The fourth-order valence-corrected chi connectivity index (χ4v) is 0.708. The molecule has 1 nitrogen and oxygen atoms in total. The van der Waals surface area contributed by atoms with Crippen molar-refractivity contribution in [2.75, 3.05) is 0 Å². The summed E-state index contributed by atoms with van der Waals surface area (Å²) in [5.41, 5.74) is 2.40. The number of aryl methyl sites for hydroxylation is 2. The normalized spacial score (nSPS) is 8.60. The molecule has 1 rings (SSSR count). The summed E-state index contributed by atoms with van der Waals surface area (Å²) in [6.07, 6.45) is 3.00. The molecular formula is C8H14BN. The molecule has 0 saturated carbocycles. The third kappa shape index (κ3) is 2.22. The van der Waals surface area contributed by atoms with Gasteiger partial charge in [-0.1, -0.05) is 13.0 Å². The Morgan fingerprint density at radius 3 is 2.50 bits per heavy atom. The summed E-state index contributed by atoms with van der Waals surface area (Å²) in [5.74, 6) is 0. The molecule has 10 heavy (non-hydrogen) atoms. The number of nitrogens with zero attached hydrogens (tertiary/aromatic N) is 1. The summed E-state index contributed by atoms with van der Waals surface area (Å²) >= 11 is 0. The molecule has 1 heterocycles. The Morgan fingerprint density at radius 2 is 2.10 bits per heavy atom. The quantitative estimate of drug-likeness (QED) is 0.518. The molecule has 0 amide bonds.